The number of benzene rings is 2. The van der Waals surface area contributed by atoms with Gasteiger partial charge in [-0.2, -0.15) is 0 Å². The maximum absolute atomic E-state index is 12.4. The summed E-state index contributed by atoms with van der Waals surface area (Å²) in [7, 11) is 1.85. The van der Waals surface area contributed by atoms with Crippen molar-refractivity contribution in [1.29, 1.82) is 0 Å². The second-order valence-corrected chi connectivity index (χ2v) is 6.52. The lowest BCUT2D eigenvalue weighted by Gasteiger charge is -2.16. The third-order valence-corrected chi connectivity index (χ3v) is 4.08. The molecule has 6 nitrogen and oxygen atoms in total. The maximum atomic E-state index is 12.4. The molecule has 0 heterocycles. The Hall–Kier alpha value is -2.73. The van der Waals surface area contributed by atoms with Gasteiger partial charge in [0.05, 0.1) is 17.5 Å². The van der Waals surface area contributed by atoms with Gasteiger partial charge in [-0.1, -0.05) is 29.8 Å². The van der Waals surface area contributed by atoms with Crippen molar-refractivity contribution < 1.29 is 14.6 Å². The van der Waals surface area contributed by atoms with Crippen LogP contribution in [-0.2, 0) is 11.3 Å². The number of carbonyl (C=O) groups excluding carboxylic acids is 1. The van der Waals surface area contributed by atoms with Crippen LogP contribution in [0.3, 0.4) is 0 Å². The Labute approximate surface area is 147 Å². The minimum atomic E-state index is -0.387. The molecule has 2 rings (SSSR count). The predicted molar refractivity (Wildman–Crippen MR) is 97.8 cm³/mol. The van der Waals surface area contributed by atoms with E-state index in [-0.39, 0.29) is 23.1 Å². The monoisotopic (exact) mass is 342 g/mol. The van der Waals surface area contributed by atoms with Crippen molar-refractivity contribution in [1.82, 2.24) is 0 Å². The van der Waals surface area contributed by atoms with Crippen LogP contribution in [0.5, 0.6) is 0 Å². The number of nitrogens with zero attached hydrogens (tertiary/aromatic N) is 1. The SMILES string of the molecule is Cc1cc(C)c(NC(=O)C[NH+](C)Cc2ccccc2[N+](=O)[O-])c(C)c1. The van der Waals surface area contributed by atoms with Gasteiger partial charge in [0.2, 0.25) is 0 Å². The van der Waals surface area contributed by atoms with Crippen LogP contribution in [0.15, 0.2) is 36.4 Å². The molecule has 2 aromatic carbocycles. The molecule has 0 spiro atoms. The zero-order chi connectivity index (χ0) is 18.6. The van der Waals surface area contributed by atoms with Crippen molar-refractivity contribution in [3.8, 4) is 0 Å². The summed E-state index contributed by atoms with van der Waals surface area (Å²) >= 11 is 0. The number of likely N-dealkylation sites (N-methyl/N-ethyl adjacent to an activating group) is 1. The molecule has 0 radical (unpaired) electrons. The lowest BCUT2D eigenvalue weighted by molar-refractivity contribution is -0.885. The van der Waals surface area contributed by atoms with Gasteiger partial charge in [0.1, 0.15) is 6.54 Å². The molecule has 0 aliphatic heterocycles. The molecule has 0 saturated carbocycles. The Morgan fingerprint density at radius 1 is 1.16 bits per heavy atom. The highest BCUT2D eigenvalue weighted by molar-refractivity contribution is 5.93. The van der Waals surface area contributed by atoms with Crippen LogP contribution in [-0.4, -0.2) is 24.4 Å². The molecule has 0 saturated heterocycles. The summed E-state index contributed by atoms with van der Waals surface area (Å²) in [6.07, 6.45) is 0. The average Bonchev–Trinajstić information content (AvgIpc) is 2.51. The molecule has 1 amide bonds. The summed E-state index contributed by atoms with van der Waals surface area (Å²) in [5.74, 6) is -0.105. The average molecular weight is 342 g/mol. The highest BCUT2D eigenvalue weighted by atomic mass is 16.6. The van der Waals surface area contributed by atoms with Gasteiger partial charge in [0.15, 0.2) is 6.54 Å². The molecule has 0 aromatic heterocycles. The number of amides is 1. The van der Waals surface area contributed by atoms with Crippen molar-refractivity contribution in [3.63, 3.8) is 0 Å². The smallest absolute Gasteiger partial charge is 0.279 e. The minimum Gasteiger partial charge on any atom is -0.326 e. The van der Waals surface area contributed by atoms with E-state index >= 15 is 0 Å². The van der Waals surface area contributed by atoms with E-state index in [1.54, 1.807) is 18.2 Å². The standard InChI is InChI=1S/C19H23N3O3/c1-13-9-14(2)19(15(3)10-13)20-18(23)12-21(4)11-16-7-5-6-8-17(16)22(24)25/h5-10H,11-12H2,1-4H3,(H,20,23)/p+1. The Balaban J connectivity index is 2.03. The maximum Gasteiger partial charge on any atom is 0.279 e. The molecule has 0 aliphatic carbocycles. The number of nitro groups is 1. The molecule has 132 valence electrons. The van der Waals surface area contributed by atoms with Gasteiger partial charge in [0.25, 0.3) is 11.6 Å². The zero-order valence-corrected chi connectivity index (χ0v) is 15.1. The summed E-state index contributed by atoms with van der Waals surface area (Å²) in [6.45, 7) is 6.62. The molecule has 6 heteroatoms. The molecule has 0 bridgehead atoms. The number of quaternary nitrogens is 1. The Bertz CT molecular complexity index is 779. The normalized spacial score (nSPS) is 11.8. The lowest BCUT2D eigenvalue weighted by Crippen LogP contribution is -3.08. The van der Waals surface area contributed by atoms with Crippen molar-refractivity contribution in [2.75, 3.05) is 18.9 Å². The number of nitro benzene ring substituents is 1. The van der Waals surface area contributed by atoms with E-state index in [0.717, 1.165) is 27.3 Å². The number of para-hydroxylation sites is 1. The number of aryl methyl sites for hydroxylation is 3. The number of hydrogen-bond acceptors (Lipinski definition) is 3. The van der Waals surface area contributed by atoms with E-state index in [1.165, 1.54) is 6.07 Å². The molecule has 0 aliphatic rings. The van der Waals surface area contributed by atoms with E-state index in [0.29, 0.717) is 12.1 Å². The molecular formula is C19H24N3O3+. The highest BCUT2D eigenvalue weighted by Crippen LogP contribution is 2.21. The van der Waals surface area contributed by atoms with Gasteiger partial charge in [0, 0.05) is 11.8 Å². The van der Waals surface area contributed by atoms with E-state index in [1.807, 2.05) is 40.0 Å². The molecule has 2 N–H and O–H groups in total. The topological polar surface area (TPSA) is 76.7 Å². The van der Waals surface area contributed by atoms with E-state index in [9.17, 15) is 14.9 Å². The van der Waals surface area contributed by atoms with Crippen LogP contribution in [0.2, 0.25) is 0 Å². The van der Waals surface area contributed by atoms with Gasteiger partial charge >= 0.3 is 0 Å². The molecule has 1 atom stereocenters. The summed E-state index contributed by atoms with van der Waals surface area (Å²) in [5, 5.41) is 14.1. The van der Waals surface area contributed by atoms with Gasteiger partial charge in [-0.3, -0.25) is 14.9 Å². The van der Waals surface area contributed by atoms with Crippen LogP contribution in [0.4, 0.5) is 11.4 Å². The third kappa shape index (κ3) is 4.87. The second kappa shape index (κ2) is 7.90. The summed E-state index contributed by atoms with van der Waals surface area (Å²) in [4.78, 5) is 23.9. The number of anilines is 1. The summed E-state index contributed by atoms with van der Waals surface area (Å²) in [6, 6.07) is 10.7. The number of nitrogens with one attached hydrogen (secondary N) is 2. The first-order chi connectivity index (χ1) is 11.8. The van der Waals surface area contributed by atoms with Gasteiger partial charge in [-0.05, 0) is 38.0 Å². The van der Waals surface area contributed by atoms with Gasteiger partial charge < -0.3 is 10.2 Å². The Morgan fingerprint density at radius 2 is 1.76 bits per heavy atom. The Kier molecular flexibility index (Phi) is 5.88. The first kappa shape index (κ1) is 18.6. The largest absolute Gasteiger partial charge is 0.326 e. The molecule has 0 fully saturated rings. The van der Waals surface area contributed by atoms with Crippen molar-refractivity contribution in [2.24, 2.45) is 0 Å². The number of hydrogen-bond donors (Lipinski definition) is 2. The molecule has 1 unspecified atom stereocenters. The van der Waals surface area contributed by atoms with Crippen molar-refractivity contribution in [3.05, 3.63) is 68.8 Å². The summed E-state index contributed by atoms with van der Waals surface area (Å²) in [5.41, 5.74) is 4.78. The fraction of sp³-hybridized carbons (Fsp3) is 0.316. The fourth-order valence-electron chi connectivity index (χ4n) is 3.06. The fourth-order valence-corrected chi connectivity index (χ4v) is 3.06. The quantitative estimate of drug-likeness (QED) is 0.624. The Morgan fingerprint density at radius 3 is 2.36 bits per heavy atom. The summed E-state index contributed by atoms with van der Waals surface area (Å²) < 4.78 is 0. The predicted octanol–water partition coefficient (Wildman–Crippen LogP) is 2.17. The zero-order valence-electron chi connectivity index (χ0n) is 15.1. The van der Waals surface area contributed by atoms with Crippen LogP contribution in [0.25, 0.3) is 0 Å². The third-order valence-electron chi connectivity index (χ3n) is 4.08. The van der Waals surface area contributed by atoms with Crippen molar-refractivity contribution in [2.45, 2.75) is 27.3 Å². The van der Waals surface area contributed by atoms with Gasteiger partial charge in [-0.25, -0.2) is 0 Å². The van der Waals surface area contributed by atoms with E-state index < -0.39 is 0 Å². The van der Waals surface area contributed by atoms with Crippen LogP contribution < -0.4 is 10.2 Å². The van der Waals surface area contributed by atoms with Crippen molar-refractivity contribution >= 4 is 17.3 Å². The van der Waals surface area contributed by atoms with Crippen LogP contribution >= 0.6 is 0 Å². The number of rotatable bonds is 6. The molecule has 25 heavy (non-hydrogen) atoms. The molecule has 2 aromatic rings. The van der Waals surface area contributed by atoms with Gasteiger partial charge in [-0.15, -0.1) is 0 Å². The first-order valence-corrected chi connectivity index (χ1v) is 8.19. The minimum absolute atomic E-state index is 0.0903. The second-order valence-electron chi connectivity index (χ2n) is 6.52. The molecular weight excluding hydrogens is 318 g/mol. The van der Waals surface area contributed by atoms with E-state index in [4.69, 9.17) is 0 Å². The van der Waals surface area contributed by atoms with E-state index in [2.05, 4.69) is 5.32 Å². The van der Waals surface area contributed by atoms with Crippen LogP contribution in [0, 0.1) is 30.9 Å². The number of carbonyl (C=O) groups is 1. The lowest BCUT2D eigenvalue weighted by atomic mass is 10.1. The highest BCUT2D eigenvalue weighted by Gasteiger charge is 2.18. The first-order valence-electron chi connectivity index (χ1n) is 8.19. The van der Waals surface area contributed by atoms with Crippen LogP contribution in [0.1, 0.15) is 22.3 Å².